The molecule has 0 radical (unpaired) electrons. The highest BCUT2D eigenvalue weighted by atomic mass is 79.9. The standard InChI is InChI=1S/C12H8BrN3O3/c13-9-2-1-7(5-8(9)12(18)19)16-11(17)10-6-14-3-4-15-10/h1-6H,(H,16,17)(H,18,19). The van der Waals surface area contributed by atoms with Crippen LogP contribution in [-0.4, -0.2) is 27.0 Å². The molecule has 19 heavy (non-hydrogen) atoms. The molecular weight excluding hydrogens is 314 g/mol. The van der Waals surface area contributed by atoms with E-state index in [9.17, 15) is 9.59 Å². The summed E-state index contributed by atoms with van der Waals surface area (Å²) < 4.78 is 0.442. The number of aromatic carboxylic acids is 1. The lowest BCUT2D eigenvalue weighted by molar-refractivity contribution is 0.0695. The van der Waals surface area contributed by atoms with Crippen molar-refractivity contribution < 1.29 is 14.7 Å². The maximum absolute atomic E-state index is 11.8. The monoisotopic (exact) mass is 321 g/mol. The van der Waals surface area contributed by atoms with Crippen molar-refractivity contribution >= 4 is 33.5 Å². The highest BCUT2D eigenvalue weighted by molar-refractivity contribution is 9.10. The molecule has 0 unspecified atom stereocenters. The number of halogens is 1. The molecule has 1 amide bonds. The molecule has 2 aromatic rings. The summed E-state index contributed by atoms with van der Waals surface area (Å²) in [5, 5.41) is 11.5. The van der Waals surface area contributed by atoms with Crippen LogP contribution >= 0.6 is 15.9 Å². The molecule has 0 saturated heterocycles. The summed E-state index contributed by atoms with van der Waals surface area (Å²) in [5.74, 6) is -1.53. The van der Waals surface area contributed by atoms with Gasteiger partial charge in [-0.25, -0.2) is 9.78 Å². The quantitative estimate of drug-likeness (QED) is 0.904. The van der Waals surface area contributed by atoms with Crippen molar-refractivity contribution in [3.63, 3.8) is 0 Å². The minimum Gasteiger partial charge on any atom is -0.478 e. The molecule has 2 N–H and O–H groups in total. The van der Waals surface area contributed by atoms with Gasteiger partial charge in [0.1, 0.15) is 5.69 Å². The van der Waals surface area contributed by atoms with Crippen molar-refractivity contribution in [2.24, 2.45) is 0 Å². The topological polar surface area (TPSA) is 92.2 Å². The van der Waals surface area contributed by atoms with E-state index in [0.717, 1.165) is 0 Å². The fourth-order valence-corrected chi connectivity index (χ4v) is 1.79. The summed E-state index contributed by atoms with van der Waals surface area (Å²) in [6, 6.07) is 4.50. The van der Waals surface area contributed by atoms with Crippen LogP contribution in [0.1, 0.15) is 20.8 Å². The number of anilines is 1. The second kappa shape index (κ2) is 5.57. The van der Waals surface area contributed by atoms with Gasteiger partial charge in [0.15, 0.2) is 0 Å². The number of carbonyl (C=O) groups excluding carboxylic acids is 1. The number of nitrogens with zero attached hydrogens (tertiary/aromatic N) is 2. The van der Waals surface area contributed by atoms with E-state index in [1.807, 2.05) is 0 Å². The second-order valence-corrected chi connectivity index (χ2v) is 4.40. The minimum atomic E-state index is -1.08. The Morgan fingerprint density at radius 1 is 1.26 bits per heavy atom. The first kappa shape index (κ1) is 13.2. The number of nitrogens with one attached hydrogen (secondary N) is 1. The van der Waals surface area contributed by atoms with Crippen molar-refractivity contribution in [3.05, 3.63) is 52.5 Å². The third-order valence-electron chi connectivity index (χ3n) is 2.25. The Bertz CT molecular complexity index is 631. The Labute approximate surface area is 116 Å². The van der Waals surface area contributed by atoms with E-state index in [4.69, 9.17) is 5.11 Å². The van der Waals surface area contributed by atoms with Crippen LogP contribution in [0.2, 0.25) is 0 Å². The van der Waals surface area contributed by atoms with E-state index in [-0.39, 0.29) is 11.3 Å². The SMILES string of the molecule is O=C(Nc1ccc(Br)c(C(=O)O)c1)c1cnccn1. The minimum absolute atomic E-state index is 0.0666. The summed E-state index contributed by atoms with van der Waals surface area (Å²) in [6.07, 6.45) is 4.18. The molecule has 6 nitrogen and oxygen atoms in total. The van der Waals surface area contributed by atoms with Crippen LogP contribution in [0.15, 0.2) is 41.3 Å². The van der Waals surface area contributed by atoms with Gasteiger partial charge in [-0.05, 0) is 34.1 Å². The van der Waals surface area contributed by atoms with E-state index in [0.29, 0.717) is 10.2 Å². The van der Waals surface area contributed by atoms with Crippen LogP contribution in [0.5, 0.6) is 0 Å². The summed E-state index contributed by atoms with van der Waals surface area (Å²) in [7, 11) is 0. The van der Waals surface area contributed by atoms with Crippen LogP contribution in [0.4, 0.5) is 5.69 Å². The summed E-state index contributed by atoms with van der Waals surface area (Å²) in [6.45, 7) is 0. The molecule has 96 valence electrons. The van der Waals surface area contributed by atoms with E-state index < -0.39 is 11.9 Å². The molecule has 7 heteroatoms. The van der Waals surface area contributed by atoms with Gasteiger partial charge in [-0.1, -0.05) is 0 Å². The van der Waals surface area contributed by atoms with Gasteiger partial charge in [0, 0.05) is 22.6 Å². The van der Waals surface area contributed by atoms with Gasteiger partial charge < -0.3 is 10.4 Å². The molecule has 1 aromatic carbocycles. The van der Waals surface area contributed by atoms with Crippen molar-refractivity contribution in [3.8, 4) is 0 Å². The fraction of sp³-hybridized carbons (Fsp3) is 0. The lowest BCUT2D eigenvalue weighted by Crippen LogP contribution is -2.14. The van der Waals surface area contributed by atoms with Crippen molar-refractivity contribution in [1.82, 2.24) is 9.97 Å². The molecule has 0 saturated carbocycles. The second-order valence-electron chi connectivity index (χ2n) is 3.54. The van der Waals surface area contributed by atoms with Crippen molar-refractivity contribution in [2.45, 2.75) is 0 Å². The molecule has 1 heterocycles. The zero-order valence-electron chi connectivity index (χ0n) is 9.50. The Morgan fingerprint density at radius 3 is 2.68 bits per heavy atom. The van der Waals surface area contributed by atoms with Gasteiger partial charge in [-0.15, -0.1) is 0 Å². The molecule has 0 aliphatic heterocycles. The first-order valence-electron chi connectivity index (χ1n) is 5.18. The largest absolute Gasteiger partial charge is 0.478 e. The molecule has 2 rings (SSSR count). The highest BCUT2D eigenvalue weighted by Gasteiger charge is 2.12. The molecule has 0 fully saturated rings. The third-order valence-corrected chi connectivity index (χ3v) is 2.94. The molecule has 0 bridgehead atoms. The number of rotatable bonds is 3. The molecule has 0 aliphatic carbocycles. The van der Waals surface area contributed by atoms with Gasteiger partial charge in [0.25, 0.3) is 5.91 Å². The number of hydrogen-bond acceptors (Lipinski definition) is 4. The average Bonchev–Trinajstić information content (AvgIpc) is 2.41. The summed E-state index contributed by atoms with van der Waals surface area (Å²) in [4.78, 5) is 30.4. The zero-order valence-corrected chi connectivity index (χ0v) is 11.1. The Hall–Kier alpha value is -2.28. The lowest BCUT2D eigenvalue weighted by atomic mass is 10.2. The zero-order chi connectivity index (χ0) is 13.8. The van der Waals surface area contributed by atoms with Crippen LogP contribution < -0.4 is 5.32 Å². The Morgan fingerprint density at radius 2 is 2.05 bits per heavy atom. The smallest absolute Gasteiger partial charge is 0.336 e. The van der Waals surface area contributed by atoms with Crippen LogP contribution in [0.25, 0.3) is 0 Å². The van der Waals surface area contributed by atoms with Gasteiger partial charge in [0.05, 0.1) is 11.8 Å². The maximum Gasteiger partial charge on any atom is 0.336 e. The number of carboxylic acids is 1. The van der Waals surface area contributed by atoms with E-state index in [1.165, 1.54) is 24.7 Å². The maximum atomic E-state index is 11.8. The van der Waals surface area contributed by atoms with Gasteiger partial charge in [-0.2, -0.15) is 0 Å². The molecule has 0 aliphatic rings. The number of amides is 1. The summed E-state index contributed by atoms with van der Waals surface area (Å²) >= 11 is 3.13. The summed E-state index contributed by atoms with van der Waals surface area (Å²) in [5.41, 5.74) is 0.593. The van der Waals surface area contributed by atoms with E-state index >= 15 is 0 Å². The molecule has 1 aromatic heterocycles. The highest BCUT2D eigenvalue weighted by Crippen LogP contribution is 2.21. The van der Waals surface area contributed by atoms with Crippen LogP contribution in [-0.2, 0) is 0 Å². The average molecular weight is 322 g/mol. The molecule has 0 spiro atoms. The van der Waals surface area contributed by atoms with Gasteiger partial charge >= 0.3 is 5.97 Å². The van der Waals surface area contributed by atoms with E-state index in [1.54, 1.807) is 12.1 Å². The Kier molecular flexibility index (Phi) is 3.86. The number of carboxylic acid groups (broad SMARTS) is 1. The van der Waals surface area contributed by atoms with Crippen LogP contribution in [0, 0.1) is 0 Å². The number of aromatic nitrogens is 2. The van der Waals surface area contributed by atoms with Crippen molar-refractivity contribution in [2.75, 3.05) is 5.32 Å². The lowest BCUT2D eigenvalue weighted by Gasteiger charge is -2.06. The number of benzene rings is 1. The normalized spacial score (nSPS) is 9.95. The van der Waals surface area contributed by atoms with E-state index in [2.05, 4.69) is 31.2 Å². The first-order chi connectivity index (χ1) is 9.08. The van der Waals surface area contributed by atoms with Crippen molar-refractivity contribution in [1.29, 1.82) is 0 Å². The Balaban J connectivity index is 2.23. The first-order valence-corrected chi connectivity index (χ1v) is 5.97. The van der Waals surface area contributed by atoms with Crippen LogP contribution in [0.3, 0.4) is 0 Å². The van der Waals surface area contributed by atoms with Gasteiger partial charge in [0.2, 0.25) is 0 Å². The van der Waals surface area contributed by atoms with Gasteiger partial charge in [-0.3, -0.25) is 9.78 Å². The molecule has 0 atom stereocenters. The predicted octanol–water partition coefficient (Wildman–Crippen LogP) is 2.19. The molecular formula is C12H8BrN3O3. The third kappa shape index (κ3) is 3.14. The number of carbonyl (C=O) groups is 2. The fourth-order valence-electron chi connectivity index (χ4n) is 1.38. The number of hydrogen-bond donors (Lipinski definition) is 2. The predicted molar refractivity (Wildman–Crippen MR) is 71.1 cm³/mol.